The first-order chi connectivity index (χ1) is 12.0. The summed E-state index contributed by atoms with van der Waals surface area (Å²) in [5, 5.41) is 15.6. The molecule has 0 bridgehead atoms. The van der Waals surface area contributed by atoms with Crippen molar-refractivity contribution in [3.63, 3.8) is 0 Å². The Balaban J connectivity index is 0.000000333. The van der Waals surface area contributed by atoms with Gasteiger partial charge in [-0.2, -0.15) is 0 Å². The first kappa shape index (κ1) is 20.6. The molecule has 2 aromatic rings. The van der Waals surface area contributed by atoms with Crippen molar-refractivity contribution < 1.29 is 24.5 Å². The first-order valence-electron chi connectivity index (χ1n) is 7.40. The van der Waals surface area contributed by atoms with E-state index in [1.165, 1.54) is 5.56 Å². The number of carbonyl (C=O) groups is 2. The number of nitrogens with zero attached hydrogens (tertiary/aromatic N) is 1. The Morgan fingerprint density at radius 1 is 1.16 bits per heavy atom. The first-order valence-corrected chi connectivity index (χ1v) is 8.20. The molecule has 0 amide bonds. The maximum absolute atomic E-state index is 9.55. The highest BCUT2D eigenvalue weighted by Gasteiger charge is 1.96. The topological polar surface area (TPSA) is 113 Å². The van der Waals surface area contributed by atoms with Crippen molar-refractivity contribution in [2.45, 2.75) is 19.4 Å². The molecule has 0 aliphatic carbocycles. The third-order valence-electron chi connectivity index (χ3n) is 2.84. The average molecular weight is 411 g/mol. The number of nitrogens with one attached hydrogen (secondary N) is 1. The Kier molecular flexibility index (Phi) is 9.88. The summed E-state index contributed by atoms with van der Waals surface area (Å²) < 4.78 is 6.71. The molecule has 0 saturated carbocycles. The number of aromatic nitrogens is 2. The van der Waals surface area contributed by atoms with Crippen LogP contribution in [0.2, 0.25) is 0 Å². The Hall–Kier alpha value is -2.45. The number of aliphatic carboxylic acids is 2. The fourth-order valence-corrected chi connectivity index (χ4v) is 1.96. The lowest BCUT2D eigenvalue weighted by molar-refractivity contribution is -0.134. The second-order valence-corrected chi connectivity index (χ2v) is 5.78. The van der Waals surface area contributed by atoms with Crippen molar-refractivity contribution >= 4 is 27.9 Å². The quantitative estimate of drug-likeness (QED) is 0.455. The average Bonchev–Trinajstić information content (AvgIpc) is 3.08. The number of rotatable bonds is 8. The Morgan fingerprint density at radius 3 is 2.32 bits per heavy atom. The lowest BCUT2D eigenvalue weighted by Gasteiger charge is -2.04. The molecule has 2 rings (SSSR count). The zero-order valence-electron chi connectivity index (χ0n) is 13.4. The molecular formula is C17H19BrN2O5. The van der Waals surface area contributed by atoms with Crippen molar-refractivity contribution in [1.82, 2.24) is 9.97 Å². The van der Waals surface area contributed by atoms with Crippen LogP contribution in [0.4, 0.5) is 0 Å². The Bertz CT molecular complexity index is 653. The molecule has 0 fully saturated rings. The molecule has 1 aromatic heterocycles. The van der Waals surface area contributed by atoms with Crippen LogP contribution in [0, 0.1) is 0 Å². The lowest BCUT2D eigenvalue weighted by atomic mass is 10.2. The monoisotopic (exact) mass is 410 g/mol. The molecule has 1 aromatic carbocycles. The van der Waals surface area contributed by atoms with Gasteiger partial charge in [0.1, 0.15) is 0 Å². The predicted octanol–water partition coefficient (Wildman–Crippen LogP) is 3.03. The number of benzene rings is 1. The van der Waals surface area contributed by atoms with Crippen LogP contribution in [-0.2, 0) is 27.4 Å². The maximum atomic E-state index is 9.55. The van der Waals surface area contributed by atoms with Crippen molar-refractivity contribution in [2.75, 3.05) is 6.61 Å². The standard InChI is InChI=1S/C13H15BrN2O.C4H4O4/c14-12-5-3-11(4-6-12)9-17-7-1-2-13-8-15-10-16-13;5-3(6)1-2-4(7)8/h3-6,8,10H,1-2,7,9H2,(H,15,16);1-2H,(H,5,6)(H,7,8)/b;2-1+. The molecule has 0 saturated heterocycles. The van der Waals surface area contributed by atoms with Crippen LogP contribution < -0.4 is 0 Å². The van der Waals surface area contributed by atoms with Crippen LogP contribution >= 0.6 is 15.9 Å². The minimum Gasteiger partial charge on any atom is -0.478 e. The van der Waals surface area contributed by atoms with Crippen LogP contribution in [0.15, 0.2) is 53.4 Å². The highest BCUT2D eigenvalue weighted by Crippen LogP contribution is 2.11. The molecule has 0 unspecified atom stereocenters. The van der Waals surface area contributed by atoms with E-state index in [-0.39, 0.29) is 0 Å². The summed E-state index contributed by atoms with van der Waals surface area (Å²) in [4.78, 5) is 26.2. The lowest BCUT2D eigenvalue weighted by Crippen LogP contribution is -1.97. The largest absolute Gasteiger partial charge is 0.478 e. The second kappa shape index (κ2) is 12.0. The van der Waals surface area contributed by atoms with Gasteiger partial charge in [0.25, 0.3) is 0 Å². The fraction of sp³-hybridized carbons (Fsp3) is 0.235. The van der Waals surface area contributed by atoms with Gasteiger partial charge in [-0.3, -0.25) is 0 Å². The number of H-pyrrole nitrogens is 1. The van der Waals surface area contributed by atoms with Gasteiger partial charge >= 0.3 is 11.9 Å². The van der Waals surface area contributed by atoms with E-state index in [2.05, 4.69) is 38.0 Å². The van der Waals surface area contributed by atoms with E-state index in [9.17, 15) is 9.59 Å². The number of halogens is 1. The summed E-state index contributed by atoms with van der Waals surface area (Å²) in [6, 6.07) is 8.20. The van der Waals surface area contributed by atoms with Gasteiger partial charge in [0.2, 0.25) is 0 Å². The van der Waals surface area contributed by atoms with E-state index in [4.69, 9.17) is 14.9 Å². The summed E-state index contributed by atoms with van der Waals surface area (Å²) in [6.45, 7) is 1.45. The summed E-state index contributed by atoms with van der Waals surface area (Å²) >= 11 is 3.41. The molecule has 0 aliphatic heterocycles. The molecule has 25 heavy (non-hydrogen) atoms. The van der Waals surface area contributed by atoms with Gasteiger partial charge in [0.05, 0.1) is 12.9 Å². The van der Waals surface area contributed by atoms with Crippen molar-refractivity contribution in [3.05, 3.63) is 64.7 Å². The van der Waals surface area contributed by atoms with Crippen molar-refractivity contribution in [3.8, 4) is 0 Å². The molecular weight excluding hydrogens is 392 g/mol. The minimum absolute atomic E-state index is 0.558. The number of imidazole rings is 1. The van der Waals surface area contributed by atoms with Crippen molar-refractivity contribution in [1.29, 1.82) is 0 Å². The van der Waals surface area contributed by atoms with E-state index in [1.807, 2.05) is 18.3 Å². The van der Waals surface area contributed by atoms with Gasteiger partial charge in [0, 0.05) is 35.1 Å². The number of carboxylic acids is 2. The number of hydrogen-bond acceptors (Lipinski definition) is 4. The van der Waals surface area contributed by atoms with E-state index in [0.717, 1.165) is 29.6 Å². The molecule has 0 radical (unpaired) electrons. The predicted molar refractivity (Wildman–Crippen MR) is 95.1 cm³/mol. The second-order valence-electron chi connectivity index (χ2n) is 4.87. The van der Waals surface area contributed by atoms with Gasteiger partial charge in [-0.25, -0.2) is 14.6 Å². The summed E-state index contributed by atoms with van der Waals surface area (Å²) in [6.07, 6.45) is 6.68. The van der Waals surface area contributed by atoms with Crippen LogP contribution in [0.1, 0.15) is 17.7 Å². The molecule has 0 spiro atoms. The van der Waals surface area contributed by atoms with Gasteiger partial charge in [-0.15, -0.1) is 0 Å². The number of aromatic amines is 1. The summed E-state index contributed by atoms with van der Waals surface area (Å²) in [7, 11) is 0. The van der Waals surface area contributed by atoms with E-state index >= 15 is 0 Å². The highest BCUT2D eigenvalue weighted by molar-refractivity contribution is 9.10. The third kappa shape index (κ3) is 10.9. The van der Waals surface area contributed by atoms with Gasteiger partial charge in [-0.05, 0) is 30.5 Å². The molecule has 8 heteroatoms. The maximum Gasteiger partial charge on any atom is 0.328 e. The van der Waals surface area contributed by atoms with E-state index < -0.39 is 11.9 Å². The molecule has 7 nitrogen and oxygen atoms in total. The number of ether oxygens (including phenoxy) is 1. The summed E-state index contributed by atoms with van der Waals surface area (Å²) in [5.41, 5.74) is 2.37. The third-order valence-corrected chi connectivity index (χ3v) is 3.37. The smallest absolute Gasteiger partial charge is 0.328 e. The number of aryl methyl sites for hydroxylation is 1. The zero-order valence-corrected chi connectivity index (χ0v) is 15.0. The Labute approximate surface area is 153 Å². The van der Waals surface area contributed by atoms with Gasteiger partial charge in [-0.1, -0.05) is 28.1 Å². The molecule has 0 atom stereocenters. The van der Waals surface area contributed by atoms with Crippen LogP contribution in [-0.4, -0.2) is 38.7 Å². The molecule has 134 valence electrons. The van der Waals surface area contributed by atoms with E-state index in [0.29, 0.717) is 18.8 Å². The normalized spacial score (nSPS) is 10.3. The SMILES string of the molecule is Brc1ccc(COCCCc2cnc[nH]2)cc1.O=C(O)/C=C/C(=O)O. The molecule has 0 aliphatic rings. The van der Waals surface area contributed by atoms with Gasteiger partial charge in [0.15, 0.2) is 0 Å². The fourth-order valence-electron chi connectivity index (χ4n) is 1.70. The number of carboxylic acid groups (broad SMARTS) is 2. The summed E-state index contributed by atoms with van der Waals surface area (Å²) in [5.74, 6) is -2.51. The van der Waals surface area contributed by atoms with E-state index in [1.54, 1.807) is 6.33 Å². The van der Waals surface area contributed by atoms with Crippen LogP contribution in [0.3, 0.4) is 0 Å². The molecule has 1 heterocycles. The minimum atomic E-state index is -1.26. The van der Waals surface area contributed by atoms with Gasteiger partial charge < -0.3 is 19.9 Å². The van der Waals surface area contributed by atoms with Crippen LogP contribution in [0.25, 0.3) is 0 Å². The molecule has 3 N–H and O–H groups in total. The number of hydrogen-bond donors (Lipinski definition) is 3. The van der Waals surface area contributed by atoms with Crippen molar-refractivity contribution in [2.24, 2.45) is 0 Å². The highest BCUT2D eigenvalue weighted by atomic mass is 79.9. The van der Waals surface area contributed by atoms with Crippen LogP contribution in [0.5, 0.6) is 0 Å². The zero-order chi connectivity index (χ0) is 18.5. The Morgan fingerprint density at radius 2 is 1.80 bits per heavy atom.